The molecule has 2 rings (SSSR count). The van der Waals surface area contributed by atoms with Crippen LogP contribution in [0.15, 0.2) is 47.5 Å². The number of carbonyl (C=O) groups excluding carboxylic acids is 1. The zero-order valence-electron chi connectivity index (χ0n) is 12.1. The number of carbonyl (C=O) groups is 1. The van der Waals surface area contributed by atoms with Gasteiger partial charge in [-0.3, -0.25) is 9.78 Å². The van der Waals surface area contributed by atoms with E-state index in [1.165, 1.54) is 11.8 Å². The highest BCUT2D eigenvalue weighted by Crippen LogP contribution is 2.32. The summed E-state index contributed by atoms with van der Waals surface area (Å²) in [5.74, 6) is -0.0306. The largest absolute Gasteiger partial charge is 0.355 e. The molecule has 1 amide bonds. The summed E-state index contributed by atoms with van der Waals surface area (Å²) in [6, 6.07) is 11.0. The monoisotopic (exact) mass is 354 g/mol. The van der Waals surface area contributed by atoms with E-state index in [1.807, 2.05) is 25.1 Å². The van der Waals surface area contributed by atoms with Gasteiger partial charge in [0, 0.05) is 34.8 Å². The Hall–Kier alpha value is -1.23. The van der Waals surface area contributed by atoms with Crippen molar-refractivity contribution in [1.82, 2.24) is 10.3 Å². The molecule has 0 saturated carbocycles. The standard InChI is InChI=1S/C16H16Cl2N2OS/c1-11(22-15-10-12(17)5-6-14(15)18)16(21)20-9-7-13-4-2-3-8-19-13/h2-6,8,10-11H,7,9H2,1H3,(H,20,21). The number of benzene rings is 1. The Kier molecular flexibility index (Phi) is 6.55. The fourth-order valence-corrected chi connectivity index (χ4v) is 3.25. The van der Waals surface area contributed by atoms with Gasteiger partial charge in [0.2, 0.25) is 5.91 Å². The van der Waals surface area contributed by atoms with Crippen molar-refractivity contribution in [1.29, 1.82) is 0 Å². The molecule has 6 heteroatoms. The molecule has 3 nitrogen and oxygen atoms in total. The zero-order valence-corrected chi connectivity index (χ0v) is 14.4. The van der Waals surface area contributed by atoms with Gasteiger partial charge in [-0.15, -0.1) is 11.8 Å². The van der Waals surface area contributed by atoms with Crippen LogP contribution < -0.4 is 5.32 Å². The van der Waals surface area contributed by atoms with E-state index >= 15 is 0 Å². The van der Waals surface area contributed by atoms with Crippen LogP contribution in [0.2, 0.25) is 10.0 Å². The minimum Gasteiger partial charge on any atom is -0.355 e. The number of rotatable bonds is 6. The number of nitrogens with zero attached hydrogens (tertiary/aromatic N) is 1. The summed E-state index contributed by atoms with van der Waals surface area (Å²) in [6.45, 7) is 2.40. The Bertz CT molecular complexity index is 637. The number of halogens is 2. The molecule has 0 fully saturated rings. The molecule has 2 aromatic rings. The van der Waals surface area contributed by atoms with Crippen molar-refractivity contribution in [3.63, 3.8) is 0 Å². The Balaban J connectivity index is 1.83. The first-order valence-corrected chi connectivity index (χ1v) is 8.49. The van der Waals surface area contributed by atoms with Gasteiger partial charge in [-0.05, 0) is 37.3 Å². The summed E-state index contributed by atoms with van der Waals surface area (Å²) in [5, 5.41) is 3.86. The molecule has 0 aliphatic carbocycles. The minimum atomic E-state index is -0.250. The molecule has 0 saturated heterocycles. The smallest absolute Gasteiger partial charge is 0.233 e. The number of thioether (sulfide) groups is 1. The normalized spacial score (nSPS) is 12.0. The second-order valence-corrected chi connectivity index (χ2v) is 6.92. The van der Waals surface area contributed by atoms with E-state index in [1.54, 1.807) is 24.4 Å². The predicted octanol–water partition coefficient (Wildman–Crippen LogP) is 4.23. The maximum Gasteiger partial charge on any atom is 0.233 e. The van der Waals surface area contributed by atoms with Crippen LogP contribution in [0.25, 0.3) is 0 Å². The molecule has 22 heavy (non-hydrogen) atoms. The van der Waals surface area contributed by atoms with Crippen molar-refractivity contribution in [2.24, 2.45) is 0 Å². The lowest BCUT2D eigenvalue weighted by Crippen LogP contribution is -2.32. The van der Waals surface area contributed by atoms with Crippen LogP contribution in [0.4, 0.5) is 0 Å². The Morgan fingerprint density at radius 3 is 2.86 bits per heavy atom. The molecule has 1 aromatic heterocycles. The van der Waals surface area contributed by atoms with Gasteiger partial charge < -0.3 is 5.32 Å². The van der Waals surface area contributed by atoms with Gasteiger partial charge in [-0.2, -0.15) is 0 Å². The van der Waals surface area contributed by atoms with E-state index < -0.39 is 0 Å². The third-order valence-corrected chi connectivity index (χ3v) is 4.81. The van der Waals surface area contributed by atoms with Crippen molar-refractivity contribution in [3.05, 3.63) is 58.3 Å². The maximum absolute atomic E-state index is 12.1. The third-order valence-electron chi connectivity index (χ3n) is 2.97. The maximum atomic E-state index is 12.1. The highest BCUT2D eigenvalue weighted by molar-refractivity contribution is 8.00. The van der Waals surface area contributed by atoms with E-state index in [4.69, 9.17) is 23.2 Å². The van der Waals surface area contributed by atoms with Crippen LogP contribution >= 0.6 is 35.0 Å². The molecule has 1 heterocycles. The molecule has 1 atom stereocenters. The van der Waals surface area contributed by atoms with Crippen molar-refractivity contribution in [3.8, 4) is 0 Å². The van der Waals surface area contributed by atoms with E-state index in [9.17, 15) is 4.79 Å². The number of hydrogen-bond donors (Lipinski definition) is 1. The second-order valence-electron chi connectivity index (χ2n) is 4.70. The van der Waals surface area contributed by atoms with E-state index in [0.717, 1.165) is 10.6 Å². The van der Waals surface area contributed by atoms with Gasteiger partial charge in [0.1, 0.15) is 0 Å². The fourth-order valence-electron chi connectivity index (χ4n) is 1.81. The number of pyridine rings is 1. The average Bonchev–Trinajstić information content (AvgIpc) is 2.52. The number of amides is 1. The number of aromatic nitrogens is 1. The molecule has 0 aliphatic heterocycles. The summed E-state index contributed by atoms with van der Waals surface area (Å²) in [4.78, 5) is 17.1. The lowest BCUT2D eigenvalue weighted by Gasteiger charge is -2.13. The Morgan fingerprint density at radius 2 is 2.14 bits per heavy atom. The van der Waals surface area contributed by atoms with E-state index in [2.05, 4.69) is 10.3 Å². The van der Waals surface area contributed by atoms with Gasteiger partial charge in [0.15, 0.2) is 0 Å². The van der Waals surface area contributed by atoms with Crippen LogP contribution in [0.5, 0.6) is 0 Å². The minimum absolute atomic E-state index is 0.0306. The number of nitrogens with one attached hydrogen (secondary N) is 1. The third kappa shape index (κ3) is 5.20. The van der Waals surface area contributed by atoms with Gasteiger partial charge >= 0.3 is 0 Å². The average molecular weight is 355 g/mol. The molecule has 0 bridgehead atoms. The zero-order chi connectivity index (χ0) is 15.9. The van der Waals surface area contributed by atoms with Crippen LogP contribution in [-0.2, 0) is 11.2 Å². The van der Waals surface area contributed by atoms with E-state index in [-0.39, 0.29) is 11.2 Å². The molecular formula is C16H16Cl2N2OS. The molecular weight excluding hydrogens is 339 g/mol. The molecule has 1 unspecified atom stereocenters. The van der Waals surface area contributed by atoms with Gasteiger partial charge in [-0.25, -0.2) is 0 Å². The molecule has 0 radical (unpaired) electrons. The highest BCUT2D eigenvalue weighted by Gasteiger charge is 2.15. The van der Waals surface area contributed by atoms with Gasteiger partial charge in [-0.1, -0.05) is 29.3 Å². The van der Waals surface area contributed by atoms with Gasteiger partial charge in [0.05, 0.1) is 10.3 Å². The Morgan fingerprint density at radius 1 is 1.32 bits per heavy atom. The van der Waals surface area contributed by atoms with Crippen LogP contribution in [0.1, 0.15) is 12.6 Å². The SMILES string of the molecule is CC(Sc1cc(Cl)ccc1Cl)C(=O)NCCc1ccccn1. The fraction of sp³-hybridized carbons (Fsp3) is 0.250. The van der Waals surface area contributed by atoms with Crippen LogP contribution in [0, 0.1) is 0 Å². The molecule has 1 aromatic carbocycles. The summed E-state index contributed by atoms with van der Waals surface area (Å²) in [6.07, 6.45) is 2.46. The van der Waals surface area contributed by atoms with Crippen molar-refractivity contribution in [2.75, 3.05) is 6.54 Å². The van der Waals surface area contributed by atoms with Crippen LogP contribution in [0.3, 0.4) is 0 Å². The first-order valence-electron chi connectivity index (χ1n) is 6.85. The van der Waals surface area contributed by atoms with Crippen molar-refractivity contribution >= 4 is 40.9 Å². The summed E-state index contributed by atoms with van der Waals surface area (Å²) >= 11 is 13.5. The number of hydrogen-bond acceptors (Lipinski definition) is 3. The molecule has 1 N–H and O–H groups in total. The highest BCUT2D eigenvalue weighted by atomic mass is 35.5. The second kappa shape index (κ2) is 8.42. The summed E-state index contributed by atoms with van der Waals surface area (Å²) in [5.41, 5.74) is 0.959. The lowest BCUT2D eigenvalue weighted by molar-refractivity contribution is -0.120. The van der Waals surface area contributed by atoms with Gasteiger partial charge in [0.25, 0.3) is 0 Å². The van der Waals surface area contributed by atoms with Crippen LogP contribution in [-0.4, -0.2) is 22.7 Å². The molecule has 0 aliphatic rings. The molecule has 0 spiro atoms. The van der Waals surface area contributed by atoms with E-state index in [0.29, 0.717) is 23.0 Å². The summed E-state index contributed by atoms with van der Waals surface area (Å²) in [7, 11) is 0. The van der Waals surface area contributed by atoms with Crippen molar-refractivity contribution in [2.45, 2.75) is 23.5 Å². The lowest BCUT2D eigenvalue weighted by atomic mass is 10.2. The van der Waals surface area contributed by atoms with Crippen molar-refractivity contribution < 1.29 is 4.79 Å². The quantitative estimate of drug-likeness (QED) is 0.789. The Labute approximate surface area is 144 Å². The summed E-state index contributed by atoms with van der Waals surface area (Å²) < 4.78 is 0. The molecule has 116 valence electrons. The topological polar surface area (TPSA) is 42.0 Å². The first kappa shape index (κ1) is 17.1. The predicted molar refractivity (Wildman–Crippen MR) is 92.7 cm³/mol. The first-order chi connectivity index (χ1) is 10.6.